The Kier molecular flexibility index (Phi) is 3.05. The highest BCUT2D eigenvalue weighted by molar-refractivity contribution is 5.83. The molecule has 0 fully saturated rings. The molecule has 0 unspecified atom stereocenters. The second-order valence-corrected chi connectivity index (χ2v) is 2.60. The predicted octanol–water partition coefficient (Wildman–Crippen LogP) is 0.797. The lowest BCUT2D eigenvalue weighted by Gasteiger charge is -1.98. The summed E-state index contributed by atoms with van der Waals surface area (Å²) in [4.78, 5) is 10.9. The first-order valence-electron chi connectivity index (χ1n) is 3.96. The molecule has 1 N–H and O–H groups in total. The molecule has 1 aliphatic carbocycles. The number of ether oxygens (including phenoxy) is 1. The van der Waals surface area contributed by atoms with Crippen LogP contribution in [0.3, 0.4) is 0 Å². The first-order valence-corrected chi connectivity index (χ1v) is 3.96. The van der Waals surface area contributed by atoms with Gasteiger partial charge in [-0.15, -0.1) is 0 Å². The van der Waals surface area contributed by atoms with Gasteiger partial charge in [-0.25, -0.2) is 4.79 Å². The van der Waals surface area contributed by atoms with Crippen molar-refractivity contribution in [2.75, 3.05) is 6.61 Å². The van der Waals surface area contributed by atoms with Gasteiger partial charge in [-0.3, -0.25) is 0 Å². The number of rotatable bonds is 2. The van der Waals surface area contributed by atoms with E-state index in [4.69, 9.17) is 9.84 Å². The van der Waals surface area contributed by atoms with Crippen LogP contribution in [0.25, 0.3) is 0 Å². The summed E-state index contributed by atoms with van der Waals surface area (Å²) in [6.45, 7) is 2.14. The lowest BCUT2D eigenvalue weighted by Crippen LogP contribution is -2.01. The van der Waals surface area contributed by atoms with E-state index >= 15 is 0 Å². The molecule has 0 aromatic rings. The van der Waals surface area contributed by atoms with Crippen molar-refractivity contribution < 1.29 is 14.6 Å². The predicted molar refractivity (Wildman–Crippen MR) is 44.5 cm³/mol. The zero-order valence-electron chi connectivity index (χ0n) is 6.99. The van der Waals surface area contributed by atoms with Crippen LogP contribution in [0.4, 0.5) is 0 Å². The summed E-state index contributed by atoms with van der Waals surface area (Å²) in [6.07, 6.45) is 4.88. The highest BCUT2D eigenvalue weighted by atomic mass is 16.5. The number of aliphatic hydroxyl groups is 1. The fraction of sp³-hybridized carbons (Fsp3) is 0.444. The molecule has 3 nitrogen and oxygen atoms in total. The molecule has 0 amide bonds. The highest BCUT2D eigenvalue weighted by Crippen LogP contribution is 2.16. The zero-order valence-corrected chi connectivity index (χ0v) is 6.99. The summed E-state index contributed by atoms with van der Waals surface area (Å²) in [5.41, 5.74) is 0.820. The first kappa shape index (κ1) is 9.00. The van der Waals surface area contributed by atoms with Crippen molar-refractivity contribution >= 4 is 5.97 Å². The normalized spacial score (nSPS) is 24.8. The van der Waals surface area contributed by atoms with E-state index in [1.54, 1.807) is 19.1 Å². The van der Waals surface area contributed by atoms with Crippen molar-refractivity contribution in [1.29, 1.82) is 0 Å². The van der Waals surface area contributed by atoms with Crippen molar-refractivity contribution in [3.05, 3.63) is 23.8 Å². The van der Waals surface area contributed by atoms with Gasteiger partial charge >= 0.3 is 5.97 Å². The molecule has 0 heterocycles. The van der Waals surface area contributed by atoms with Crippen LogP contribution in [0.15, 0.2) is 23.8 Å². The van der Waals surface area contributed by atoms with E-state index in [0.717, 1.165) is 5.57 Å². The number of allylic oxidation sites excluding steroid dienone is 1. The SMILES string of the molecule is CCOC(=O)/C=C1/C=C[C@H](O)C1. The van der Waals surface area contributed by atoms with E-state index in [-0.39, 0.29) is 5.97 Å². The summed E-state index contributed by atoms with van der Waals surface area (Å²) < 4.78 is 4.71. The molecular formula is C9H12O3. The minimum absolute atomic E-state index is 0.341. The van der Waals surface area contributed by atoms with E-state index in [9.17, 15) is 4.79 Å². The molecular weight excluding hydrogens is 156 g/mol. The molecule has 0 saturated heterocycles. The van der Waals surface area contributed by atoms with Gasteiger partial charge in [0.1, 0.15) is 0 Å². The summed E-state index contributed by atoms with van der Waals surface area (Å²) in [5.74, 6) is -0.341. The Bertz CT molecular complexity index is 228. The zero-order chi connectivity index (χ0) is 8.97. The number of hydrogen-bond donors (Lipinski definition) is 1. The number of esters is 1. The van der Waals surface area contributed by atoms with E-state index in [2.05, 4.69) is 0 Å². The van der Waals surface area contributed by atoms with Gasteiger partial charge in [0.2, 0.25) is 0 Å². The molecule has 1 atom stereocenters. The Balaban J connectivity index is 2.48. The van der Waals surface area contributed by atoms with Gasteiger partial charge < -0.3 is 9.84 Å². The van der Waals surface area contributed by atoms with Gasteiger partial charge in [-0.2, -0.15) is 0 Å². The van der Waals surface area contributed by atoms with Gasteiger partial charge in [0.25, 0.3) is 0 Å². The summed E-state index contributed by atoms with van der Waals surface area (Å²) in [6, 6.07) is 0. The molecule has 66 valence electrons. The van der Waals surface area contributed by atoms with Crippen LogP contribution in [0, 0.1) is 0 Å². The monoisotopic (exact) mass is 168 g/mol. The largest absolute Gasteiger partial charge is 0.463 e. The van der Waals surface area contributed by atoms with Crippen molar-refractivity contribution in [3.63, 3.8) is 0 Å². The fourth-order valence-corrected chi connectivity index (χ4v) is 1.05. The van der Waals surface area contributed by atoms with Crippen LogP contribution >= 0.6 is 0 Å². The third-order valence-corrected chi connectivity index (χ3v) is 1.57. The molecule has 1 aliphatic rings. The highest BCUT2D eigenvalue weighted by Gasteiger charge is 2.10. The van der Waals surface area contributed by atoms with Crippen molar-refractivity contribution in [3.8, 4) is 0 Å². The first-order chi connectivity index (χ1) is 5.72. The molecule has 0 aromatic carbocycles. The lowest BCUT2D eigenvalue weighted by atomic mass is 10.2. The summed E-state index contributed by atoms with van der Waals surface area (Å²) in [5, 5.41) is 9.06. The standard InChI is InChI=1S/C9H12O3/c1-2-12-9(11)6-7-3-4-8(10)5-7/h3-4,6,8,10H,2,5H2,1H3/b7-6-/t8-/m0/s1. The van der Waals surface area contributed by atoms with Crippen LogP contribution < -0.4 is 0 Å². The van der Waals surface area contributed by atoms with Gasteiger partial charge in [-0.05, 0) is 12.5 Å². The quantitative estimate of drug-likeness (QED) is 0.490. The van der Waals surface area contributed by atoms with Gasteiger partial charge in [0, 0.05) is 12.5 Å². The fourth-order valence-electron chi connectivity index (χ4n) is 1.05. The second kappa shape index (κ2) is 4.07. The summed E-state index contributed by atoms with van der Waals surface area (Å²) >= 11 is 0. The van der Waals surface area contributed by atoms with E-state index < -0.39 is 6.10 Å². The van der Waals surface area contributed by atoms with Crippen LogP contribution in [0.1, 0.15) is 13.3 Å². The van der Waals surface area contributed by atoms with Crippen molar-refractivity contribution in [2.45, 2.75) is 19.4 Å². The maximum absolute atomic E-state index is 10.9. The molecule has 0 aromatic heterocycles. The third-order valence-electron chi connectivity index (χ3n) is 1.57. The minimum Gasteiger partial charge on any atom is -0.463 e. The second-order valence-electron chi connectivity index (χ2n) is 2.60. The molecule has 3 heteroatoms. The Morgan fingerprint density at radius 1 is 1.92 bits per heavy atom. The van der Waals surface area contributed by atoms with Crippen LogP contribution in [-0.2, 0) is 9.53 Å². The number of carbonyl (C=O) groups is 1. The molecule has 0 radical (unpaired) electrons. The Morgan fingerprint density at radius 3 is 3.17 bits per heavy atom. The van der Waals surface area contributed by atoms with E-state index in [1.807, 2.05) is 0 Å². The minimum atomic E-state index is -0.439. The van der Waals surface area contributed by atoms with E-state index in [1.165, 1.54) is 6.08 Å². The lowest BCUT2D eigenvalue weighted by molar-refractivity contribution is -0.137. The van der Waals surface area contributed by atoms with Gasteiger partial charge in [0.05, 0.1) is 12.7 Å². The maximum atomic E-state index is 10.9. The van der Waals surface area contributed by atoms with Gasteiger partial charge in [-0.1, -0.05) is 12.2 Å². The topological polar surface area (TPSA) is 46.5 Å². The summed E-state index contributed by atoms with van der Waals surface area (Å²) in [7, 11) is 0. The average Bonchev–Trinajstić information content (AvgIpc) is 2.36. The smallest absolute Gasteiger partial charge is 0.331 e. The molecule has 0 saturated carbocycles. The average molecular weight is 168 g/mol. The Hall–Kier alpha value is -1.09. The number of aliphatic hydroxyl groups excluding tert-OH is 1. The molecule has 0 spiro atoms. The van der Waals surface area contributed by atoms with Crippen LogP contribution in [-0.4, -0.2) is 23.8 Å². The van der Waals surface area contributed by atoms with Crippen LogP contribution in [0.5, 0.6) is 0 Å². The van der Waals surface area contributed by atoms with Crippen LogP contribution in [0.2, 0.25) is 0 Å². The van der Waals surface area contributed by atoms with Crippen molar-refractivity contribution in [1.82, 2.24) is 0 Å². The molecule has 0 bridgehead atoms. The third kappa shape index (κ3) is 2.51. The number of carbonyl (C=O) groups excluding carboxylic acids is 1. The maximum Gasteiger partial charge on any atom is 0.331 e. The molecule has 1 rings (SSSR count). The molecule has 12 heavy (non-hydrogen) atoms. The number of hydrogen-bond acceptors (Lipinski definition) is 3. The Morgan fingerprint density at radius 2 is 2.67 bits per heavy atom. The Labute approximate surface area is 71.3 Å². The van der Waals surface area contributed by atoms with E-state index in [0.29, 0.717) is 13.0 Å². The molecule has 0 aliphatic heterocycles. The van der Waals surface area contributed by atoms with Crippen molar-refractivity contribution in [2.24, 2.45) is 0 Å². The van der Waals surface area contributed by atoms with Gasteiger partial charge in [0.15, 0.2) is 0 Å².